The van der Waals surface area contributed by atoms with Gasteiger partial charge in [-0.15, -0.1) is 22.7 Å². The third-order valence-electron chi connectivity index (χ3n) is 6.13. The number of anilines is 1. The number of fused-ring (bicyclic) bond motifs is 1. The molecule has 0 fully saturated rings. The highest BCUT2D eigenvalue weighted by Gasteiger charge is 2.41. The van der Waals surface area contributed by atoms with Gasteiger partial charge in [0.1, 0.15) is 5.82 Å². The largest absolute Gasteiger partial charge is 0.343 e. The van der Waals surface area contributed by atoms with Crippen LogP contribution in [0.1, 0.15) is 40.0 Å². The van der Waals surface area contributed by atoms with Gasteiger partial charge in [0.05, 0.1) is 21.0 Å². The number of nitrogens with one attached hydrogen (secondary N) is 2. The molecule has 6 rings (SSSR count). The number of ketones is 1. The molecule has 0 unspecified atom stereocenters. The predicted octanol–water partition coefficient (Wildman–Crippen LogP) is 6.01. The van der Waals surface area contributed by atoms with E-state index in [1.54, 1.807) is 27.4 Å². The molecule has 8 heteroatoms. The zero-order valence-corrected chi connectivity index (χ0v) is 20.0. The van der Waals surface area contributed by atoms with Crippen molar-refractivity contribution in [3.05, 3.63) is 101 Å². The van der Waals surface area contributed by atoms with Crippen LogP contribution in [0.15, 0.2) is 79.8 Å². The summed E-state index contributed by atoms with van der Waals surface area (Å²) in [6, 6.07) is 17.6. The third-order valence-corrected chi connectivity index (χ3v) is 8.85. The molecule has 1 aromatic carbocycles. The van der Waals surface area contributed by atoms with Crippen molar-refractivity contribution in [2.24, 2.45) is 0 Å². The molecule has 4 aromatic rings. The number of rotatable bonds is 3. The minimum Gasteiger partial charge on any atom is -0.343 e. The monoisotopic (exact) mass is 523 g/mol. The van der Waals surface area contributed by atoms with Gasteiger partial charge in [-0.2, -0.15) is 0 Å². The van der Waals surface area contributed by atoms with Gasteiger partial charge >= 0.3 is 0 Å². The molecule has 2 aliphatic rings. The summed E-state index contributed by atoms with van der Waals surface area (Å²) in [5.74, 6) is 0.577. The fourth-order valence-corrected chi connectivity index (χ4v) is 7.12. The summed E-state index contributed by atoms with van der Waals surface area (Å²) in [4.78, 5) is 29.3. The second-order valence-electron chi connectivity index (χ2n) is 8.01. The van der Waals surface area contributed by atoms with E-state index in [1.165, 1.54) is 4.88 Å². The average Bonchev–Trinajstić information content (AvgIpc) is 3.54. The maximum absolute atomic E-state index is 13.6. The Morgan fingerprint density at radius 3 is 2.53 bits per heavy atom. The van der Waals surface area contributed by atoms with Crippen LogP contribution in [0.5, 0.6) is 0 Å². The van der Waals surface area contributed by atoms with E-state index in [2.05, 4.69) is 37.8 Å². The fraction of sp³-hybridized carbons (Fsp3) is 0.167. The van der Waals surface area contributed by atoms with E-state index in [0.29, 0.717) is 17.8 Å². The lowest BCUT2D eigenvalue weighted by Crippen LogP contribution is -2.31. The molecular weight excluding hydrogens is 506 g/mol. The lowest BCUT2D eigenvalue weighted by Gasteiger charge is -2.33. The summed E-state index contributed by atoms with van der Waals surface area (Å²) >= 11 is 6.81. The zero-order chi connectivity index (χ0) is 21.8. The van der Waals surface area contributed by atoms with Gasteiger partial charge in [0.2, 0.25) is 0 Å². The van der Waals surface area contributed by atoms with Gasteiger partial charge in [0.15, 0.2) is 5.78 Å². The van der Waals surface area contributed by atoms with Gasteiger partial charge < -0.3 is 5.32 Å². The van der Waals surface area contributed by atoms with E-state index in [4.69, 9.17) is 0 Å². The number of para-hydroxylation sites is 1. The number of aromatic amines is 1. The second kappa shape index (κ2) is 7.72. The SMILES string of the molecule is O=C1C[C@@H](c2cccs2)CC2=C1[C@@H](c1ccc(Br)s1)c1c([nH]n(-c3ccccc3)c1=O)N2. The molecule has 4 heterocycles. The first-order chi connectivity index (χ1) is 15.6. The number of carbonyl (C=O) groups is 1. The number of Topliss-reactive ketones (excluding diaryl/α,β-unsaturated/α-hetero) is 1. The quantitative estimate of drug-likeness (QED) is 0.345. The van der Waals surface area contributed by atoms with Crippen molar-refractivity contribution in [1.82, 2.24) is 9.78 Å². The van der Waals surface area contributed by atoms with Crippen molar-refractivity contribution in [3.63, 3.8) is 0 Å². The molecule has 5 nitrogen and oxygen atoms in total. The Labute approximate surface area is 200 Å². The van der Waals surface area contributed by atoms with E-state index in [0.717, 1.165) is 32.0 Å². The number of carbonyl (C=O) groups excluding carboxylic acids is 1. The van der Waals surface area contributed by atoms with Gasteiger partial charge in [0, 0.05) is 33.4 Å². The summed E-state index contributed by atoms with van der Waals surface area (Å²) < 4.78 is 2.54. The minimum atomic E-state index is -0.372. The van der Waals surface area contributed by atoms with Gasteiger partial charge in [-0.1, -0.05) is 24.3 Å². The number of hydrogen-bond acceptors (Lipinski definition) is 5. The van der Waals surface area contributed by atoms with Crippen LogP contribution in [-0.2, 0) is 4.79 Å². The van der Waals surface area contributed by atoms with Crippen molar-refractivity contribution in [1.29, 1.82) is 0 Å². The van der Waals surface area contributed by atoms with Crippen molar-refractivity contribution in [2.45, 2.75) is 24.7 Å². The molecule has 160 valence electrons. The Bertz CT molecular complexity index is 1410. The molecule has 0 saturated carbocycles. The van der Waals surface area contributed by atoms with Gasteiger partial charge in [-0.25, -0.2) is 4.68 Å². The third kappa shape index (κ3) is 3.17. The highest BCUT2D eigenvalue weighted by atomic mass is 79.9. The van der Waals surface area contributed by atoms with E-state index in [1.807, 2.05) is 48.5 Å². The topological polar surface area (TPSA) is 66.9 Å². The molecule has 0 saturated heterocycles. The number of H-pyrrole nitrogens is 1. The summed E-state index contributed by atoms with van der Waals surface area (Å²) in [6.45, 7) is 0. The molecule has 1 aliphatic carbocycles. The van der Waals surface area contributed by atoms with E-state index in [-0.39, 0.29) is 23.2 Å². The van der Waals surface area contributed by atoms with Crippen LogP contribution < -0.4 is 10.9 Å². The Balaban J connectivity index is 1.52. The molecule has 1 aliphatic heterocycles. The average molecular weight is 524 g/mol. The molecule has 3 aromatic heterocycles. The normalized spacial score (nSPS) is 20.1. The lowest BCUT2D eigenvalue weighted by atomic mass is 9.76. The number of nitrogens with zero attached hydrogens (tertiary/aromatic N) is 1. The summed E-state index contributed by atoms with van der Waals surface area (Å²) in [5.41, 5.74) is 2.89. The van der Waals surface area contributed by atoms with Crippen LogP contribution >= 0.6 is 38.6 Å². The van der Waals surface area contributed by atoms with Gasteiger partial charge in [0.25, 0.3) is 5.56 Å². The molecule has 0 radical (unpaired) electrons. The number of thiophene rings is 2. The first-order valence-corrected chi connectivity index (χ1v) is 12.8. The number of aromatic nitrogens is 2. The van der Waals surface area contributed by atoms with Crippen LogP contribution in [0, 0.1) is 0 Å². The minimum absolute atomic E-state index is 0.115. The van der Waals surface area contributed by atoms with E-state index in [9.17, 15) is 9.59 Å². The Kier molecular flexibility index (Phi) is 4.82. The summed E-state index contributed by atoms with van der Waals surface area (Å²) in [5, 5.41) is 8.76. The van der Waals surface area contributed by atoms with Crippen LogP contribution in [0.4, 0.5) is 5.82 Å². The van der Waals surface area contributed by atoms with Crippen LogP contribution in [-0.4, -0.2) is 15.6 Å². The van der Waals surface area contributed by atoms with Gasteiger partial charge in [-0.05, 0) is 58.1 Å². The first kappa shape index (κ1) is 20.0. The molecule has 0 spiro atoms. The number of allylic oxidation sites excluding steroid dienone is 2. The highest BCUT2D eigenvalue weighted by molar-refractivity contribution is 9.11. The van der Waals surface area contributed by atoms with E-state index >= 15 is 0 Å². The summed E-state index contributed by atoms with van der Waals surface area (Å²) in [7, 11) is 0. The molecule has 32 heavy (non-hydrogen) atoms. The maximum atomic E-state index is 13.6. The first-order valence-electron chi connectivity index (χ1n) is 10.3. The molecule has 0 bridgehead atoms. The molecule has 2 atom stereocenters. The van der Waals surface area contributed by atoms with Crippen molar-refractivity contribution < 1.29 is 4.79 Å². The molecule has 0 amide bonds. The highest BCUT2D eigenvalue weighted by Crippen LogP contribution is 2.48. The van der Waals surface area contributed by atoms with Crippen LogP contribution in [0.2, 0.25) is 0 Å². The smallest absolute Gasteiger partial charge is 0.277 e. The number of halogens is 1. The Hall–Kier alpha value is -2.68. The second-order valence-corrected chi connectivity index (χ2v) is 11.5. The number of hydrogen-bond donors (Lipinski definition) is 2. The fourth-order valence-electron chi connectivity index (χ4n) is 4.74. The van der Waals surface area contributed by atoms with Crippen molar-refractivity contribution >= 4 is 50.2 Å². The number of benzene rings is 1. The van der Waals surface area contributed by atoms with Crippen molar-refractivity contribution in [2.75, 3.05) is 5.32 Å². The lowest BCUT2D eigenvalue weighted by molar-refractivity contribution is -0.116. The van der Waals surface area contributed by atoms with Crippen molar-refractivity contribution in [3.8, 4) is 5.69 Å². The summed E-state index contributed by atoms with van der Waals surface area (Å²) in [6.07, 6.45) is 1.22. The standard InChI is InChI=1S/C24H18BrN3O2S2/c25-19-9-8-18(32-19)21-20-15(11-13(12-16(20)29)17-7-4-10-31-17)26-23-22(21)24(30)28(27-23)14-5-2-1-3-6-14/h1-10,13,21,26-27H,11-12H2/t13-,21+/m0/s1. The van der Waals surface area contributed by atoms with Crippen LogP contribution in [0.3, 0.4) is 0 Å². The Morgan fingerprint density at radius 1 is 0.969 bits per heavy atom. The molecular formula is C24H18BrN3O2S2. The van der Waals surface area contributed by atoms with E-state index < -0.39 is 0 Å². The zero-order valence-electron chi connectivity index (χ0n) is 16.8. The van der Waals surface area contributed by atoms with Gasteiger partial charge in [-0.3, -0.25) is 14.7 Å². The maximum Gasteiger partial charge on any atom is 0.277 e. The predicted molar refractivity (Wildman–Crippen MR) is 132 cm³/mol. The Morgan fingerprint density at radius 2 is 1.81 bits per heavy atom. The van der Waals surface area contributed by atoms with Crippen LogP contribution in [0.25, 0.3) is 5.69 Å². The molecule has 2 N–H and O–H groups in total.